The van der Waals surface area contributed by atoms with Crippen LogP contribution < -0.4 is 4.72 Å². The Labute approximate surface area is 112 Å². The van der Waals surface area contributed by atoms with Crippen LogP contribution in [0.15, 0.2) is 41.6 Å². The highest BCUT2D eigenvalue weighted by Crippen LogP contribution is 2.22. The standard InChI is InChI=1S/C13H16N2O3S/c1-2-11(9-16)15-19(17,18)13-5-3-4-10-8-14-7-6-12(10)13/h3-8,11,15-16H,2,9H2,1H3/t11-/m0/s1. The second-order valence-electron chi connectivity index (χ2n) is 4.26. The van der Waals surface area contributed by atoms with Gasteiger partial charge in [-0.05, 0) is 18.6 Å². The van der Waals surface area contributed by atoms with Crippen LogP contribution in [0.2, 0.25) is 0 Å². The Morgan fingerprint density at radius 1 is 1.37 bits per heavy atom. The van der Waals surface area contributed by atoms with Crippen molar-refractivity contribution in [2.45, 2.75) is 24.3 Å². The van der Waals surface area contributed by atoms with E-state index in [2.05, 4.69) is 9.71 Å². The minimum atomic E-state index is -3.65. The molecule has 6 heteroatoms. The third kappa shape index (κ3) is 2.91. The van der Waals surface area contributed by atoms with E-state index in [-0.39, 0.29) is 11.5 Å². The van der Waals surface area contributed by atoms with Crippen LogP contribution in [0, 0.1) is 0 Å². The fraction of sp³-hybridized carbons (Fsp3) is 0.308. The summed E-state index contributed by atoms with van der Waals surface area (Å²) in [4.78, 5) is 4.18. The minimum absolute atomic E-state index is 0.208. The van der Waals surface area contributed by atoms with Gasteiger partial charge in [0.05, 0.1) is 11.5 Å². The van der Waals surface area contributed by atoms with Gasteiger partial charge in [-0.1, -0.05) is 19.1 Å². The molecule has 2 aromatic rings. The molecule has 1 heterocycles. The van der Waals surface area contributed by atoms with Gasteiger partial charge in [0.25, 0.3) is 0 Å². The number of rotatable bonds is 5. The van der Waals surface area contributed by atoms with Crippen molar-refractivity contribution in [3.05, 3.63) is 36.7 Å². The number of hydrogen-bond donors (Lipinski definition) is 2. The van der Waals surface area contributed by atoms with E-state index in [0.29, 0.717) is 11.8 Å². The topological polar surface area (TPSA) is 79.3 Å². The average molecular weight is 280 g/mol. The summed E-state index contributed by atoms with van der Waals surface area (Å²) in [7, 11) is -3.65. The van der Waals surface area contributed by atoms with Gasteiger partial charge in [0.15, 0.2) is 0 Å². The monoisotopic (exact) mass is 280 g/mol. The predicted octanol–water partition coefficient (Wildman–Crippen LogP) is 1.28. The second kappa shape index (κ2) is 5.64. The van der Waals surface area contributed by atoms with Crippen LogP contribution >= 0.6 is 0 Å². The quantitative estimate of drug-likeness (QED) is 0.865. The zero-order valence-corrected chi connectivity index (χ0v) is 11.4. The number of nitrogens with zero attached hydrogens (tertiary/aromatic N) is 1. The lowest BCUT2D eigenvalue weighted by Gasteiger charge is -2.15. The summed E-state index contributed by atoms with van der Waals surface area (Å²) in [6.07, 6.45) is 3.71. The van der Waals surface area contributed by atoms with Crippen LogP contribution in [0.5, 0.6) is 0 Å². The van der Waals surface area contributed by atoms with Crippen LogP contribution in [-0.4, -0.2) is 31.2 Å². The zero-order valence-electron chi connectivity index (χ0n) is 10.6. The summed E-state index contributed by atoms with van der Waals surface area (Å²) in [5.74, 6) is 0. The first-order valence-corrected chi connectivity index (χ1v) is 7.52. The van der Waals surface area contributed by atoms with E-state index >= 15 is 0 Å². The molecule has 5 nitrogen and oxygen atoms in total. The fourth-order valence-electron chi connectivity index (χ4n) is 1.86. The predicted molar refractivity (Wildman–Crippen MR) is 73.2 cm³/mol. The smallest absolute Gasteiger partial charge is 0.241 e. The molecule has 1 aromatic heterocycles. The van der Waals surface area contributed by atoms with Crippen LogP contribution in [-0.2, 0) is 10.0 Å². The number of aliphatic hydroxyl groups excluding tert-OH is 1. The summed E-state index contributed by atoms with van der Waals surface area (Å²) in [6.45, 7) is 1.60. The van der Waals surface area contributed by atoms with E-state index in [1.54, 1.807) is 30.6 Å². The number of hydrogen-bond acceptors (Lipinski definition) is 4. The van der Waals surface area contributed by atoms with Gasteiger partial charge in [-0.2, -0.15) is 0 Å². The van der Waals surface area contributed by atoms with Crippen molar-refractivity contribution >= 4 is 20.8 Å². The van der Waals surface area contributed by atoms with Gasteiger partial charge in [0.1, 0.15) is 0 Å². The highest BCUT2D eigenvalue weighted by molar-refractivity contribution is 7.89. The molecule has 0 aliphatic heterocycles. The number of aliphatic hydroxyl groups is 1. The molecular formula is C13H16N2O3S. The third-order valence-corrected chi connectivity index (χ3v) is 4.54. The van der Waals surface area contributed by atoms with Gasteiger partial charge >= 0.3 is 0 Å². The molecule has 102 valence electrons. The Hall–Kier alpha value is -1.50. The van der Waals surface area contributed by atoms with E-state index in [1.165, 1.54) is 0 Å². The van der Waals surface area contributed by atoms with E-state index in [4.69, 9.17) is 5.11 Å². The number of benzene rings is 1. The number of nitrogens with one attached hydrogen (secondary N) is 1. The zero-order chi connectivity index (χ0) is 13.9. The van der Waals surface area contributed by atoms with Gasteiger partial charge in [-0.25, -0.2) is 13.1 Å². The number of fused-ring (bicyclic) bond motifs is 1. The molecule has 0 unspecified atom stereocenters. The van der Waals surface area contributed by atoms with Crippen molar-refractivity contribution in [1.29, 1.82) is 0 Å². The molecule has 0 radical (unpaired) electrons. The van der Waals surface area contributed by atoms with E-state index < -0.39 is 16.1 Å². The Kier molecular flexibility index (Phi) is 4.14. The molecule has 0 saturated carbocycles. The van der Waals surface area contributed by atoms with Crippen molar-refractivity contribution in [1.82, 2.24) is 9.71 Å². The highest BCUT2D eigenvalue weighted by atomic mass is 32.2. The SMILES string of the molecule is CC[C@@H](CO)NS(=O)(=O)c1cccc2cnccc12. The Morgan fingerprint density at radius 3 is 2.84 bits per heavy atom. The molecule has 2 N–H and O–H groups in total. The van der Waals surface area contributed by atoms with Crippen molar-refractivity contribution in [3.8, 4) is 0 Å². The molecule has 0 amide bonds. The van der Waals surface area contributed by atoms with E-state index in [1.807, 2.05) is 13.0 Å². The third-order valence-electron chi connectivity index (χ3n) is 2.97. The molecular weight excluding hydrogens is 264 g/mol. The van der Waals surface area contributed by atoms with Crippen molar-refractivity contribution < 1.29 is 13.5 Å². The molecule has 19 heavy (non-hydrogen) atoms. The molecule has 0 fully saturated rings. The molecule has 0 bridgehead atoms. The first-order chi connectivity index (χ1) is 9.08. The average Bonchev–Trinajstić information content (AvgIpc) is 2.44. The number of pyridine rings is 1. The van der Waals surface area contributed by atoms with Crippen molar-refractivity contribution in [2.75, 3.05) is 6.61 Å². The maximum Gasteiger partial charge on any atom is 0.241 e. The molecule has 0 saturated heterocycles. The maximum atomic E-state index is 12.3. The van der Waals surface area contributed by atoms with E-state index in [0.717, 1.165) is 5.39 Å². The summed E-state index contributed by atoms with van der Waals surface area (Å²) in [6, 6.07) is 6.24. The highest BCUT2D eigenvalue weighted by Gasteiger charge is 2.20. The molecule has 0 aliphatic carbocycles. The summed E-state index contributed by atoms with van der Waals surface area (Å²) in [5.41, 5.74) is 0. The lowest BCUT2D eigenvalue weighted by Crippen LogP contribution is -2.36. The molecule has 2 rings (SSSR count). The Morgan fingerprint density at radius 2 is 2.16 bits per heavy atom. The van der Waals surface area contributed by atoms with Gasteiger partial charge in [-0.15, -0.1) is 0 Å². The normalized spacial score (nSPS) is 13.6. The van der Waals surface area contributed by atoms with Crippen LogP contribution in [0.3, 0.4) is 0 Å². The van der Waals surface area contributed by atoms with Gasteiger partial charge in [0.2, 0.25) is 10.0 Å². The van der Waals surface area contributed by atoms with E-state index in [9.17, 15) is 8.42 Å². The van der Waals surface area contributed by atoms with Gasteiger partial charge < -0.3 is 5.11 Å². The minimum Gasteiger partial charge on any atom is -0.395 e. The molecule has 1 aromatic carbocycles. The first-order valence-electron chi connectivity index (χ1n) is 6.04. The van der Waals surface area contributed by atoms with Crippen molar-refractivity contribution in [3.63, 3.8) is 0 Å². The first kappa shape index (κ1) is 13.9. The summed E-state index contributed by atoms with van der Waals surface area (Å²) in [5, 5.41) is 10.5. The Bertz CT molecular complexity index is 661. The fourth-order valence-corrected chi connectivity index (χ4v) is 3.40. The lowest BCUT2D eigenvalue weighted by molar-refractivity contribution is 0.254. The van der Waals surface area contributed by atoms with Gasteiger partial charge in [-0.3, -0.25) is 4.98 Å². The largest absolute Gasteiger partial charge is 0.395 e. The van der Waals surface area contributed by atoms with Crippen LogP contribution in [0.1, 0.15) is 13.3 Å². The lowest BCUT2D eigenvalue weighted by atomic mass is 10.2. The maximum absolute atomic E-state index is 12.3. The summed E-state index contributed by atoms with van der Waals surface area (Å²) < 4.78 is 27.2. The van der Waals surface area contributed by atoms with Crippen molar-refractivity contribution in [2.24, 2.45) is 0 Å². The molecule has 0 aliphatic rings. The number of sulfonamides is 1. The van der Waals surface area contributed by atoms with Crippen LogP contribution in [0.4, 0.5) is 0 Å². The number of aromatic nitrogens is 1. The molecule has 1 atom stereocenters. The second-order valence-corrected chi connectivity index (χ2v) is 5.94. The molecule has 0 spiro atoms. The van der Waals surface area contributed by atoms with Crippen LogP contribution in [0.25, 0.3) is 10.8 Å². The Balaban J connectivity index is 2.49. The van der Waals surface area contributed by atoms with Gasteiger partial charge in [0, 0.05) is 29.2 Å². The summed E-state index contributed by atoms with van der Waals surface area (Å²) >= 11 is 0.